The van der Waals surface area contributed by atoms with Crippen molar-refractivity contribution < 1.29 is 9.53 Å². The van der Waals surface area contributed by atoms with Crippen molar-refractivity contribution in [3.63, 3.8) is 0 Å². The lowest BCUT2D eigenvalue weighted by molar-refractivity contribution is -0.143. The molecule has 0 N–H and O–H groups in total. The number of ether oxygens (including phenoxy) is 1. The number of carbonyl (C=O) groups is 1. The lowest BCUT2D eigenvalue weighted by Crippen LogP contribution is -2.24. The third-order valence-corrected chi connectivity index (χ3v) is 4.98. The fourth-order valence-corrected chi connectivity index (χ4v) is 3.81. The minimum absolute atomic E-state index is 0.0908. The van der Waals surface area contributed by atoms with Gasteiger partial charge in [0, 0.05) is 23.1 Å². The molecule has 0 unspecified atom stereocenters. The average Bonchev–Trinajstić information content (AvgIpc) is 2.92. The van der Waals surface area contributed by atoms with Gasteiger partial charge in [0.05, 0.1) is 22.4 Å². The van der Waals surface area contributed by atoms with Gasteiger partial charge in [-0.1, -0.05) is 18.2 Å². The van der Waals surface area contributed by atoms with E-state index in [1.807, 2.05) is 31.2 Å². The zero-order valence-corrected chi connectivity index (χ0v) is 14.0. The van der Waals surface area contributed by atoms with Crippen LogP contribution in [0, 0.1) is 6.92 Å². The number of benzene rings is 1. The van der Waals surface area contributed by atoms with E-state index in [1.54, 1.807) is 18.3 Å². The van der Waals surface area contributed by atoms with E-state index in [-0.39, 0.29) is 11.5 Å². The maximum atomic E-state index is 12.7. The van der Waals surface area contributed by atoms with Crippen LogP contribution in [0.15, 0.2) is 29.1 Å². The van der Waals surface area contributed by atoms with Crippen LogP contribution in [0.1, 0.15) is 25.5 Å². The summed E-state index contributed by atoms with van der Waals surface area (Å²) in [5, 5.41) is 6.11. The van der Waals surface area contributed by atoms with Crippen LogP contribution in [0.25, 0.3) is 20.2 Å². The smallest absolute Gasteiger partial charge is 0.305 e. The summed E-state index contributed by atoms with van der Waals surface area (Å²) in [6.07, 6.45) is 0.836. The standard InChI is InChI=1S/C17H18N2O3S/c1-3-22-14(20)9-6-10-19-17(21)15-12-7-4-5-8-13(12)23-16(15)11(2)18-19/h4-5,7-8H,3,6,9-10H2,1-2H3. The minimum atomic E-state index is -0.237. The fourth-order valence-electron chi connectivity index (χ4n) is 2.67. The molecule has 0 spiro atoms. The largest absolute Gasteiger partial charge is 0.466 e. The number of nitrogens with zero attached hydrogens (tertiary/aromatic N) is 2. The zero-order chi connectivity index (χ0) is 16.4. The van der Waals surface area contributed by atoms with Crippen molar-refractivity contribution in [2.24, 2.45) is 0 Å². The second-order valence-corrected chi connectivity index (χ2v) is 6.38. The van der Waals surface area contributed by atoms with Crippen molar-refractivity contribution in [1.29, 1.82) is 0 Å². The molecule has 120 valence electrons. The first-order valence-electron chi connectivity index (χ1n) is 7.66. The van der Waals surface area contributed by atoms with Gasteiger partial charge in [-0.25, -0.2) is 4.68 Å². The molecule has 0 atom stereocenters. The van der Waals surface area contributed by atoms with Crippen LogP contribution < -0.4 is 5.56 Å². The van der Waals surface area contributed by atoms with E-state index in [4.69, 9.17) is 4.74 Å². The molecule has 2 aromatic heterocycles. The molecule has 1 aromatic carbocycles. The monoisotopic (exact) mass is 330 g/mol. The Balaban J connectivity index is 1.96. The number of aromatic nitrogens is 2. The Bertz CT molecular complexity index is 927. The van der Waals surface area contributed by atoms with Crippen LogP contribution in [-0.4, -0.2) is 22.4 Å². The Labute approximate surface area is 137 Å². The van der Waals surface area contributed by atoms with Crippen molar-refractivity contribution in [3.05, 3.63) is 40.3 Å². The van der Waals surface area contributed by atoms with Crippen LogP contribution in [-0.2, 0) is 16.1 Å². The Hall–Kier alpha value is -2.21. The quantitative estimate of drug-likeness (QED) is 0.674. The molecule has 2 heterocycles. The lowest BCUT2D eigenvalue weighted by Gasteiger charge is -2.06. The van der Waals surface area contributed by atoms with Gasteiger partial charge in [0.1, 0.15) is 0 Å². The molecule has 0 aliphatic rings. The van der Waals surface area contributed by atoms with Crippen molar-refractivity contribution in [3.8, 4) is 0 Å². The topological polar surface area (TPSA) is 61.2 Å². The molecule has 0 saturated carbocycles. The fraction of sp³-hybridized carbons (Fsp3) is 0.353. The van der Waals surface area contributed by atoms with E-state index in [0.29, 0.717) is 26.0 Å². The Morgan fingerprint density at radius 3 is 2.91 bits per heavy atom. The highest BCUT2D eigenvalue weighted by atomic mass is 32.1. The molecule has 23 heavy (non-hydrogen) atoms. The number of carbonyl (C=O) groups excluding carboxylic acids is 1. The van der Waals surface area contributed by atoms with Crippen LogP contribution in [0.5, 0.6) is 0 Å². The predicted molar refractivity (Wildman–Crippen MR) is 92.0 cm³/mol. The lowest BCUT2D eigenvalue weighted by atomic mass is 10.2. The van der Waals surface area contributed by atoms with Gasteiger partial charge in [-0.05, 0) is 26.3 Å². The van der Waals surface area contributed by atoms with E-state index in [1.165, 1.54) is 4.68 Å². The molecule has 5 nitrogen and oxygen atoms in total. The second kappa shape index (κ2) is 6.50. The van der Waals surface area contributed by atoms with Crippen LogP contribution in [0.3, 0.4) is 0 Å². The van der Waals surface area contributed by atoms with Crippen LogP contribution in [0.2, 0.25) is 0 Å². The van der Waals surface area contributed by atoms with Gasteiger partial charge in [0.25, 0.3) is 5.56 Å². The Morgan fingerprint density at radius 2 is 2.13 bits per heavy atom. The van der Waals surface area contributed by atoms with Crippen molar-refractivity contribution in [2.45, 2.75) is 33.2 Å². The summed E-state index contributed by atoms with van der Waals surface area (Å²) >= 11 is 1.60. The minimum Gasteiger partial charge on any atom is -0.466 e. The van der Waals surface area contributed by atoms with Gasteiger partial charge in [-0.15, -0.1) is 11.3 Å². The van der Waals surface area contributed by atoms with Gasteiger partial charge in [0.15, 0.2) is 0 Å². The third-order valence-electron chi connectivity index (χ3n) is 3.70. The molecule has 0 radical (unpaired) electrons. The average molecular weight is 330 g/mol. The first-order valence-corrected chi connectivity index (χ1v) is 8.48. The molecular formula is C17H18N2O3S. The summed E-state index contributed by atoms with van der Waals surface area (Å²) in [4.78, 5) is 24.2. The van der Waals surface area contributed by atoms with Gasteiger partial charge in [-0.3, -0.25) is 9.59 Å². The molecular weight excluding hydrogens is 312 g/mol. The Kier molecular flexibility index (Phi) is 4.43. The Morgan fingerprint density at radius 1 is 1.35 bits per heavy atom. The van der Waals surface area contributed by atoms with E-state index in [9.17, 15) is 9.59 Å². The number of thiophene rings is 1. The van der Waals surface area contributed by atoms with Crippen molar-refractivity contribution in [2.75, 3.05) is 6.61 Å². The normalized spacial score (nSPS) is 11.2. The molecule has 0 aliphatic heterocycles. The molecule has 0 aliphatic carbocycles. The van der Waals surface area contributed by atoms with Crippen molar-refractivity contribution in [1.82, 2.24) is 9.78 Å². The van der Waals surface area contributed by atoms with E-state index in [0.717, 1.165) is 25.9 Å². The number of fused-ring (bicyclic) bond motifs is 3. The van der Waals surface area contributed by atoms with E-state index < -0.39 is 0 Å². The molecule has 6 heteroatoms. The highest BCUT2D eigenvalue weighted by molar-refractivity contribution is 7.26. The summed E-state index contributed by atoms with van der Waals surface area (Å²) in [6, 6.07) is 7.90. The molecule has 0 saturated heterocycles. The maximum Gasteiger partial charge on any atom is 0.305 e. The summed E-state index contributed by atoms with van der Waals surface area (Å²) in [5.74, 6) is -0.237. The van der Waals surface area contributed by atoms with E-state index >= 15 is 0 Å². The second-order valence-electron chi connectivity index (χ2n) is 5.32. The van der Waals surface area contributed by atoms with Gasteiger partial charge >= 0.3 is 5.97 Å². The number of hydrogen-bond donors (Lipinski definition) is 0. The van der Waals surface area contributed by atoms with Gasteiger partial charge < -0.3 is 4.74 Å². The van der Waals surface area contributed by atoms with E-state index in [2.05, 4.69) is 5.10 Å². The number of rotatable bonds is 5. The SMILES string of the molecule is CCOC(=O)CCCn1nc(C)c2sc3ccccc3c2c1=O. The maximum absolute atomic E-state index is 12.7. The first-order chi connectivity index (χ1) is 11.1. The summed E-state index contributed by atoms with van der Waals surface area (Å²) in [5.41, 5.74) is 0.754. The van der Waals surface area contributed by atoms with Gasteiger partial charge in [-0.2, -0.15) is 5.10 Å². The first kappa shape index (κ1) is 15.7. The predicted octanol–water partition coefficient (Wildman–Crippen LogP) is 3.26. The number of aryl methyl sites for hydroxylation is 2. The molecule has 0 amide bonds. The summed E-state index contributed by atoms with van der Waals surface area (Å²) in [7, 11) is 0. The number of hydrogen-bond acceptors (Lipinski definition) is 5. The highest BCUT2D eigenvalue weighted by Gasteiger charge is 2.14. The van der Waals surface area contributed by atoms with Crippen molar-refractivity contribution >= 4 is 37.5 Å². The molecule has 3 rings (SSSR count). The summed E-state index contributed by atoms with van der Waals surface area (Å²) in [6.45, 7) is 4.49. The van der Waals surface area contributed by atoms with Crippen LogP contribution >= 0.6 is 11.3 Å². The summed E-state index contributed by atoms with van der Waals surface area (Å²) < 4.78 is 8.41. The zero-order valence-electron chi connectivity index (χ0n) is 13.2. The van der Waals surface area contributed by atoms with Crippen LogP contribution in [0.4, 0.5) is 0 Å². The highest BCUT2D eigenvalue weighted by Crippen LogP contribution is 2.32. The molecule has 0 fully saturated rings. The molecule has 0 bridgehead atoms. The van der Waals surface area contributed by atoms with Gasteiger partial charge in [0.2, 0.25) is 0 Å². The molecule has 3 aromatic rings. The number of esters is 1. The third kappa shape index (κ3) is 2.99.